The minimum Gasteiger partial charge on any atom is -0.173 e. The van der Waals surface area contributed by atoms with Gasteiger partial charge in [0.05, 0.1) is 23.5 Å². The molecule has 22 heavy (non-hydrogen) atoms. The zero-order valence-electron chi connectivity index (χ0n) is 12.1. The van der Waals surface area contributed by atoms with Crippen LogP contribution in [0.15, 0.2) is 24.3 Å². The van der Waals surface area contributed by atoms with E-state index >= 15 is 0 Å². The molecule has 0 aliphatic carbocycles. The first-order chi connectivity index (χ1) is 10.7. The van der Waals surface area contributed by atoms with Crippen LogP contribution in [-0.4, -0.2) is 17.5 Å². The average molecular weight is 324 g/mol. The lowest BCUT2D eigenvalue weighted by atomic mass is 10.1. The fourth-order valence-corrected chi connectivity index (χ4v) is 3.72. The minimum absolute atomic E-state index is 0.959. The highest BCUT2D eigenvalue weighted by Gasteiger charge is 2.08. The summed E-state index contributed by atoms with van der Waals surface area (Å²) < 4.78 is 17.5. The highest BCUT2D eigenvalue weighted by molar-refractivity contribution is 7.00. The van der Waals surface area contributed by atoms with Crippen molar-refractivity contribution >= 4 is 57.7 Å². The fourth-order valence-electron chi connectivity index (χ4n) is 2.47. The summed E-state index contributed by atoms with van der Waals surface area (Å²) >= 11 is 2.51. The predicted molar refractivity (Wildman–Crippen MR) is 93.2 cm³/mol. The molecule has 0 bridgehead atoms. The average Bonchev–Trinajstić information content (AvgIpc) is 3.18. The number of benzene rings is 2. The number of hydrogen-bond donors (Lipinski definition) is 0. The van der Waals surface area contributed by atoms with Gasteiger partial charge in [0, 0.05) is 11.1 Å². The molecule has 4 rings (SSSR count). The third-order valence-corrected chi connectivity index (χ3v) is 4.80. The first-order valence-corrected chi connectivity index (χ1v) is 8.32. The molecule has 2 aromatic carbocycles. The molecule has 0 N–H and O–H groups in total. The van der Waals surface area contributed by atoms with Crippen LogP contribution in [0.4, 0.5) is 0 Å². The zero-order valence-corrected chi connectivity index (χ0v) is 13.7. The van der Waals surface area contributed by atoms with Gasteiger partial charge in [-0.3, -0.25) is 0 Å². The molecule has 4 nitrogen and oxygen atoms in total. The van der Waals surface area contributed by atoms with Gasteiger partial charge >= 0.3 is 0 Å². The van der Waals surface area contributed by atoms with Crippen molar-refractivity contribution in [2.75, 3.05) is 0 Å². The molecule has 4 aromatic rings. The monoisotopic (exact) mass is 324 g/mol. The zero-order chi connectivity index (χ0) is 15.1. The van der Waals surface area contributed by atoms with Gasteiger partial charge in [-0.25, -0.2) is 0 Å². The summed E-state index contributed by atoms with van der Waals surface area (Å²) in [5, 5.41) is 0. The summed E-state index contributed by atoms with van der Waals surface area (Å²) in [5.41, 5.74) is 8.34. The first kappa shape index (κ1) is 13.5. The van der Waals surface area contributed by atoms with Crippen molar-refractivity contribution in [1.29, 1.82) is 0 Å². The molecule has 0 aliphatic heterocycles. The smallest absolute Gasteiger partial charge is 0.112 e. The van der Waals surface area contributed by atoms with Crippen molar-refractivity contribution in [3.8, 4) is 0 Å². The minimum atomic E-state index is 0.959. The van der Waals surface area contributed by atoms with Crippen LogP contribution < -0.4 is 0 Å². The third-order valence-electron chi connectivity index (χ3n) is 3.74. The van der Waals surface area contributed by atoms with E-state index in [0.717, 1.165) is 44.3 Å². The maximum absolute atomic E-state index is 4.41. The lowest BCUT2D eigenvalue weighted by Crippen LogP contribution is -1.83. The first-order valence-electron chi connectivity index (χ1n) is 6.86. The summed E-state index contributed by atoms with van der Waals surface area (Å²) in [6.07, 6.45) is 4.15. The van der Waals surface area contributed by atoms with Crippen LogP contribution in [0.2, 0.25) is 0 Å². The third kappa shape index (κ3) is 2.12. The predicted octanol–water partition coefficient (Wildman–Crippen LogP) is 4.48. The Balaban J connectivity index is 1.83. The Hall–Kier alpha value is -2.18. The van der Waals surface area contributed by atoms with Gasteiger partial charge in [0.2, 0.25) is 0 Å². The van der Waals surface area contributed by atoms with Gasteiger partial charge in [-0.15, -0.1) is 0 Å². The van der Waals surface area contributed by atoms with Gasteiger partial charge in [0.15, 0.2) is 0 Å². The Morgan fingerprint density at radius 1 is 0.636 bits per heavy atom. The Morgan fingerprint density at radius 3 is 1.50 bits per heavy atom. The second-order valence-electron chi connectivity index (χ2n) is 5.20. The van der Waals surface area contributed by atoms with E-state index in [1.54, 1.807) is 0 Å². The van der Waals surface area contributed by atoms with Crippen molar-refractivity contribution in [3.63, 3.8) is 0 Å². The molecule has 0 unspecified atom stereocenters. The van der Waals surface area contributed by atoms with E-state index in [1.807, 2.05) is 0 Å². The van der Waals surface area contributed by atoms with Gasteiger partial charge in [-0.05, 0) is 25.0 Å². The Labute approximate surface area is 135 Å². The lowest BCUT2D eigenvalue weighted by Gasteiger charge is -2.00. The van der Waals surface area contributed by atoms with Gasteiger partial charge in [0.1, 0.15) is 22.1 Å². The number of aromatic nitrogens is 4. The maximum atomic E-state index is 4.41. The molecule has 0 fully saturated rings. The molecular weight excluding hydrogens is 312 g/mol. The van der Waals surface area contributed by atoms with E-state index in [0.29, 0.717) is 0 Å². The molecule has 0 amide bonds. The van der Waals surface area contributed by atoms with Crippen LogP contribution in [0.1, 0.15) is 22.3 Å². The highest BCUT2D eigenvalue weighted by Crippen LogP contribution is 2.25. The Bertz CT molecular complexity index is 932. The summed E-state index contributed by atoms with van der Waals surface area (Å²) in [6, 6.07) is 8.33. The lowest BCUT2D eigenvalue weighted by molar-refractivity contribution is 1.47. The van der Waals surface area contributed by atoms with Crippen LogP contribution in [-0.2, 0) is 0 Å². The SMILES string of the molecule is Cc1ccc(C=Cc2ccc(C)c3nsnc23)c2nsnc12. The molecule has 0 atom stereocenters. The topological polar surface area (TPSA) is 51.6 Å². The van der Waals surface area contributed by atoms with Gasteiger partial charge < -0.3 is 0 Å². The van der Waals surface area contributed by atoms with Crippen molar-refractivity contribution in [1.82, 2.24) is 17.5 Å². The molecule has 0 saturated heterocycles. The Kier molecular flexibility index (Phi) is 3.20. The number of hydrogen-bond acceptors (Lipinski definition) is 6. The standard InChI is InChI=1S/C16H12N4S2/c1-9-3-5-11(15-13(9)17-21-19-15)7-8-12-6-4-10(2)14-16(12)20-22-18-14/h3-8H,1-2H3. The quantitative estimate of drug-likeness (QED) is 0.510. The summed E-state index contributed by atoms with van der Waals surface area (Å²) in [5.74, 6) is 0. The van der Waals surface area contributed by atoms with Crippen LogP contribution in [0, 0.1) is 13.8 Å². The van der Waals surface area contributed by atoms with Crippen LogP contribution in [0.3, 0.4) is 0 Å². The highest BCUT2D eigenvalue weighted by atomic mass is 32.1. The molecular formula is C16H12N4S2. The van der Waals surface area contributed by atoms with Crippen molar-refractivity contribution in [2.24, 2.45) is 0 Å². The van der Waals surface area contributed by atoms with E-state index < -0.39 is 0 Å². The normalized spacial score (nSPS) is 11.9. The van der Waals surface area contributed by atoms with E-state index in [-0.39, 0.29) is 0 Å². The van der Waals surface area contributed by atoms with Crippen LogP contribution in [0.25, 0.3) is 34.2 Å². The van der Waals surface area contributed by atoms with Gasteiger partial charge in [0.25, 0.3) is 0 Å². The number of nitrogens with zero attached hydrogens (tertiary/aromatic N) is 4. The van der Waals surface area contributed by atoms with Crippen molar-refractivity contribution in [3.05, 3.63) is 46.5 Å². The summed E-state index contributed by atoms with van der Waals surface area (Å²) in [6.45, 7) is 4.11. The molecule has 2 heterocycles. The molecule has 0 spiro atoms. The Morgan fingerprint density at radius 2 is 1.05 bits per heavy atom. The molecule has 0 aliphatic rings. The second-order valence-corrected chi connectivity index (χ2v) is 6.26. The van der Waals surface area contributed by atoms with Crippen LogP contribution >= 0.6 is 23.5 Å². The van der Waals surface area contributed by atoms with Gasteiger partial charge in [-0.2, -0.15) is 17.5 Å². The molecule has 0 radical (unpaired) electrons. The molecule has 0 saturated carbocycles. The van der Waals surface area contributed by atoms with Crippen molar-refractivity contribution < 1.29 is 0 Å². The summed E-state index contributed by atoms with van der Waals surface area (Å²) in [4.78, 5) is 0. The maximum Gasteiger partial charge on any atom is 0.112 e. The van der Waals surface area contributed by atoms with E-state index in [1.165, 1.54) is 23.5 Å². The van der Waals surface area contributed by atoms with Crippen molar-refractivity contribution in [2.45, 2.75) is 13.8 Å². The fraction of sp³-hybridized carbons (Fsp3) is 0.125. The molecule has 2 aromatic heterocycles. The number of rotatable bonds is 2. The molecule has 108 valence electrons. The molecule has 6 heteroatoms. The number of fused-ring (bicyclic) bond motifs is 2. The largest absolute Gasteiger partial charge is 0.173 e. The van der Waals surface area contributed by atoms with E-state index in [2.05, 4.69) is 67.8 Å². The van der Waals surface area contributed by atoms with Crippen LogP contribution in [0.5, 0.6) is 0 Å². The van der Waals surface area contributed by atoms with E-state index in [4.69, 9.17) is 0 Å². The summed E-state index contributed by atoms with van der Waals surface area (Å²) in [7, 11) is 0. The van der Waals surface area contributed by atoms with E-state index in [9.17, 15) is 0 Å². The second kappa shape index (κ2) is 5.23. The number of aryl methyl sites for hydroxylation is 2. The van der Waals surface area contributed by atoms with Gasteiger partial charge in [-0.1, -0.05) is 36.4 Å².